The van der Waals surface area contributed by atoms with Gasteiger partial charge in [0.2, 0.25) is 0 Å². The molecule has 298 valence electrons. The van der Waals surface area contributed by atoms with E-state index in [1.54, 1.807) is 16.6 Å². The first-order valence-corrected chi connectivity index (χ1v) is 20.4. The summed E-state index contributed by atoms with van der Waals surface area (Å²) in [5, 5.41) is 30.5. The van der Waals surface area contributed by atoms with E-state index in [1.807, 2.05) is 6.07 Å². The highest BCUT2D eigenvalue weighted by atomic mass is 31.2. The molecule has 0 saturated carbocycles. The van der Waals surface area contributed by atoms with Gasteiger partial charge in [0.25, 0.3) is 0 Å². The Hall–Kier alpha value is -3.50. The fourth-order valence-electron chi connectivity index (χ4n) is 6.26. The number of nitrogens with zero attached hydrogens (tertiary/aromatic N) is 5. The minimum absolute atomic E-state index is 0.0597. The number of phosphoric acid groups is 1. The smallest absolute Gasteiger partial charge is 0.390 e. The van der Waals surface area contributed by atoms with E-state index in [0.29, 0.717) is 29.2 Å². The second kappa shape index (κ2) is 24.8. The standard InChI is InChI=1S/C37H55FN5O8P.CHN/c1-2-3-4-5-6-7-8-9-10-11-12-13-14-17-47-24-31(48-23-29-18-28(22-39)19-30(38)20-29)25-49-52(45,46)50-26-36-34(44)21-35(51-36)32-15-16-33-37(40)41-27-42-43(32)33;1-2/h15-16,18-20,27,31,34-36,44H,2-14,17,21,23-26H2,1H3,(H,45,46)(H2,40,41,42);1H. The maximum absolute atomic E-state index is 14.0. The lowest BCUT2D eigenvalue weighted by Gasteiger charge is -2.21. The van der Waals surface area contributed by atoms with Crippen molar-refractivity contribution < 1.29 is 42.2 Å². The molecule has 0 spiro atoms. The molecule has 14 nitrogen and oxygen atoms in total. The van der Waals surface area contributed by atoms with Crippen LogP contribution in [0.4, 0.5) is 10.2 Å². The van der Waals surface area contributed by atoms with E-state index in [-0.39, 0.29) is 31.8 Å². The van der Waals surface area contributed by atoms with Gasteiger partial charge in [-0.25, -0.2) is 23.7 Å². The Labute approximate surface area is 317 Å². The molecule has 1 aliphatic rings. The number of aliphatic hydroxyl groups excluding tert-OH is 1. The summed E-state index contributed by atoms with van der Waals surface area (Å²) in [6, 6.07) is 9.32. The summed E-state index contributed by atoms with van der Waals surface area (Å²) >= 11 is 0. The number of aromatic nitrogens is 3. The molecule has 0 bridgehead atoms. The predicted octanol–water partition coefficient (Wildman–Crippen LogP) is 7.48. The number of aliphatic hydroxyl groups is 1. The van der Waals surface area contributed by atoms with Crippen molar-refractivity contribution in [3.8, 4) is 12.6 Å². The van der Waals surface area contributed by atoms with Gasteiger partial charge in [0.15, 0.2) is 5.82 Å². The molecule has 54 heavy (non-hydrogen) atoms. The van der Waals surface area contributed by atoms with Crippen LogP contribution in [0.25, 0.3) is 5.52 Å². The van der Waals surface area contributed by atoms with Crippen LogP contribution in [0.3, 0.4) is 0 Å². The van der Waals surface area contributed by atoms with Crippen molar-refractivity contribution in [3.63, 3.8) is 0 Å². The zero-order valence-electron chi connectivity index (χ0n) is 31.3. The number of hydrogen-bond donors (Lipinski definition) is 3. The van der Waals surface area contributed by atoms with E-state index in [4.69, 9.17) is 34.3 Å². The van der Waals surface area contributed by atoms with Crippen molar-refractivity contribution in [2.45, 2.75) is 128 Å². The molecule has 3 heterocycles. The lowest BCUT2D eigenvalue weighted by molar-refractivity contribution is -0.0556. The fraction of sp³-hybridized carbons (Fsp3) is 0.632. The minimum Gasteiger partial charge on any atom is -0.390 e. The fourth-order valence-corrected chi connectivity index (χ4v) is 7.03. The molecule has 0 amide bonds. The zero-order chi connectivity index (χ0) is 39.2. The quantitative estimate of drug-likeness (QED) is 0.0535. The van der Waals surface area contributed by atoms with Gasteiger partial charge in [0, 0.05) is 19.6 Å². The Bertz CT molecular complexity index is 1640. The van der Waals surface area contributed by atoms with Gasteiger partial charge < -0.3 is 29.9 Å². The Balaban J connectivity index is 0.00000385. The number of nitrogens with two attached hydrogens (primary N) is 1. The Morgan fingerprint density at radius 1 is 1.04 bits per heavy atom. The maximum atomic E-state index is 14.0. The van der Waals surface area contributed by atoms with E-state index in [9.17, 15) is 24.2 Å². The number of nitriles is 2. The van der Waals surface area contributed by atoms with Crippen molar-refractivity contribution in [1.29, 1.82) is 10.5 Å². The third-order valence-corrected chi connectivity index (χ3v) is 10.1. The number of hydrogen-bond acceptors (Lipinski definition) is 12. The van der Waals surface area contributed by atoms with Crippen LogP contribution in [-0.2, 0) is 34.4 Å². The molecule has 2 aromatic heterocycles. The minimum atomic E-state index is -4.61. The average Bonchev–Trinajstić information content (AvgIpc) is 3.77. The van der Waals surface area contributed by atoms with E-state index in [0.717, 1.165) is 25.3 Å². The number of fused-ring (bicyclic) bond motifs is 1. The van der Waals surface area contributed by atoms with Crippen LogP contribution in [0.1, 0.15) is 120 Å². The van der Waals surface area contributed by atoms with Crippen LogP contribution in [0.5, 0.6) is 0 Å². The molecule has 3 aromatic rings. The number of halogens is 1. The van der Waals surface area contributed by atoms with E-state index in [1.165, 1.54) is 82.7 Å². The third-order valence-electron chi connectivity index (χ3n) is 9.16. The van der Waals surface area contributed by atoms with Gasteiger partial charge in [-0.15, -0.1) is 0 Å². The van der Waals surface area contributed by atoms with Crippen molar-refractivity contribution in [2.24, 2.45) is 0 Å². The summed E-state index contributed by atoms with van der Waals surface area (Å²) in [7, 11) is -4.61. The molecule has 1 fully saturated rings. The lowest BCUT2D eigenvalue weighted by Crippen LogP contribution is -2.27. The molecule has 0 aliphatic carbocycles. The van der Waals surface area contributed by atoms with Crippen LogP contribution in [0.15, 0.2) is 36.7 Å². The number of rotatable bonds is 26. The summed E-state index contributed by atoms with van der Waals surface area (Å²) in [5.41, 5.74) is 7.74. The van der Waals surface area contributed by atoms with Crippen molar-refractivity contribution in [2.75, 3.05) is 32.2 Å². The molecular formula is C38H56FN6O8P. The van der Waals surface area contributed by atoms with E-state index in [2.05, 4.69) is 23.6 Å². The van der Waals surface area contributed by atoms with Crippen LogP contribution >= 0.6 is 7.82 Å². The number of phosphoric ester groups is 1. The highest BCUT2D eigenvalue weighted by molar-refractivity contribution is 7.47. The van der Waals surface area contributed by atoms with Gasteiger partial charge in [0.05, 0.1) is 49.9 Å². The summed E-state index contributed by atoms with van der Waals surface area (Å²) in [5.74, 6) is -0.272. The summed E-state index contributed by atoms with van der Waals surface area (Å²) in [4.78, 5) is 14.5. The Morgan fingerprint density at radius 2 is 1.70 bits per heavy atom. The normalized spacial score (nSPS) is 18.5. The van der Waals surface area contributed by atoms with Crippen LogP contribution in [-0.4, -0.2) is 69.3 Å². The largest absolute Gasteiger partial charge is 0.472 e. The number of benzene rings is 1. The first-order chi connectivity index (χ1) is 26.2. The maximum Gasteiger partial charge on any atom is 0.472 e. The second-order valence-electron chi connectivity index (χ2n) is 13.4. The van der Waals surface area contributed by atoms with Gasteiger partial charge in [-0.2, -0.15) is 10.4 Å². The van der Waals surface area contributed by atoms with Crippen LogP contribution in [0.2, 0.25) is 0 Å². The van der Waals surface area contributed by atoms with Crippen molar-refractivity contribution in [3.05, 3.63) is 59.3 Å². The number of unbranched alkanes of at least 4 members (excludes halogenated alkanes) is 12. The van der Waals surface area contributed by atoms with E-state index >= 15 is 0 Å². The SMILES string of the molecule is C#N.CCCCCCCCCCCCCCCOCC(COP(=O)(O)OCC1OC(c2ccc3c(N)ncnn23)CC1O)OCc1cc(F)cc(C#N)c1. The summed E-state index contributed by atoms with van der Waals surface area (Å²) in [6.07, 6.45) is 14.4. The van der Waals surface area contributed by atoms with Crippen molar-refractivity contribution >= 4 is 19.2 Å². The molecule has 16 heteroatoms. The zero-order valence-corrected chi connectivity index (χ0v) is 32.2. The predicted molar refractivity (Wildman–Crippen MR) is 200 cm³/mol. The van der Waals surface area contributed by atoms with Gasteiger partial charge in [0.1, 0.15) is 36.0 Å². The molecule has 1 aliphatic heterocycles. The molecule has 0 radical (unpaired) electrons. The number of nitrogen functional groups attached to an aromatic ring is 1. The van der Waals surface area contributed by atoms with E-state index < -0.39 is 44.7 Å². The highest BCUT2D eigenvalue weighted by Crippen LogP contribution is 2.45. The summed E-state index contributed by atoms with van der Waals surface area (Å²) in [6.45, 7) is 5.44. The average molecular weight is 775 g/mol. The highest BCUT2D eigenvalue weighted by Gasteiger charge is 2.38. The first-order valence-electron chi connectivity index (χ1n) is 18.9. The molecular weight excluding hydrogens is 718 g/mol. The summed E-state index contributed by atoms with van der Waals surface area (Å²) < 4.78 is 56.6. The van der Waals surface area contributed by atoms with Crippen molar-refractivity contribution in [1.82, 2.24) is 14.6 Å². The Kier molecular flexibility index (Phi) is 20.6. The Morgan fingerprint density at radius 3 is 2.37 bits per heavy atom. The lowest BCUT2D eigenvalue weighted by atomic mass is 10.0. The molecule has 4 rings (SSSR count). The molecule has 1 saturated heterocycles. The van der Waals surface area contributed by atoms with Crippen LogP contribution in [0, 0.1) is 29.0 Å². The topological polar surface area (TPSA) is 207 Å². The molecule has 5 atom stereocenters. The monoisotopic (exact) mass is 774 g/mol. The molecule has 4 N–H and O–H groups in total. The molecule has 5 unspecified atom stereocenters. The van der Waals surface area contributed by atoms with Gasteiger partial charge in [-0.1, -0.05) is 84.0 Å². The second-order valence-corrected chi connectivity index (χ2v) is 14.9. The number of ether oxygens (including phenoxy) is 3. The molecule has 1 aromatic carbocycles. The van der Waals surface area contributed by atoms with Gasteiger partial charge in [-0.3, -0.25) is 9.05 Å². The van der Waals surface area contributed by atoms with Gasteiger partial charge >= 0.3 is 7.82 Å². The third kappa shape index (κ3) is 15.7. The first kappa shape index (κ1) is 44.9. The number of anilines is 1. The van der Waals surface area contributed by atoms with Gasteiger partial charge in [-0.05, 0) is 42.3 Å². The van der Waals surface area contributed by atoms with Crippen LogP contribution < -0.4 is 5.73 Å².